The number of furan rings is 1. The monoisotopic (exact) mass is 640 g/mol. The first-order chi connectivity index (χ1) is 24.8. The van der Waals surface area contributed by atoms with E-state index >= 15 is 0 Å². The van der Waals surface area contributed by atoms with E-state index in [0.717, 1.165) is 55.4 Å². The highest BCUT2D eigenvalue weighted by atomic mass is 16.3. The van der Waals surface area contributed by atoms with Crippen LogP contribution in [0.4, 0.5) is 0 Å². The molecule has 0 saturated carbocycles. The van der Waals surface area contributed by atoms with Gasteiger partial charge >= 0.3 is 0 Å². The van der Waals surface area contributed by atoms with Gasteiger partial charge in [-0.05, 0) is 53.6 Å². The molecule has 0 aliphatic carbocycles. The molecule has 7 aromatic carbocycles. The summed E-state index contributed by atoms with van der Waals surface area (Å²) in [4.78, 5) is 14.8. The lowest BCUT2D eigenvalue weighted by Crippen LogP contribution is -2.00. The quantitative estimate of drug-likeness (QED) is 0.188. The fourth-order valence-corrected chi connectivity index (χ4v) is 7.09. The Hall–Kier alpha value is -6.85. The third kappa shape index (κ3) is 4.60. The molecule has 5 heteroatoms. The van der Waals surface area contributed by atoms with Gasteiger partial charge in [-0.15, -0.1) is 0 Å². The third-order valence-electron chi connectivity index (χ3n) is 9.46. The minimum atomic E-state index is 0.571. The van der Waals surface area contributed by atoms with Crippen LogP contribution in [0.5, 0.6) is 0 Å². The zero-order valence-corrected chi connectivity index (χ0v) is 26.9. The third-order valence-corrected chi connectivity index (χ3v) is 9.46. The van der Waals surface area contributed by atoms with E-state index in [1.807, 2.05) is 72.8 Å². The summed E-state index contributed by atoms with van der Waals surface area (Å²) in [5.41, 5.74) is 9.95. The molecule has 0 aliphatic heterocycles. The molecule has 0 unspecified atom stereocenters. The van der Waals surface area contributed by atoms with Crippen molar-refractivity contribution < 1.29 is 4.42 Å². The summed E-state index contributed by atoms with van der Waals surface area (Å²) in [5.74, 6) is 1.81. The molecule has 0 radical (unpaired) electrons. The molecule has 0 bridgehead atoms. The molecule has 0 aliphatic rings. The van der Waals surface area contributed by atoms with Crippen LogP contribution in [0, 0.1) is 0 Å². The SMILES string of the molecule is c1ccc(-c2nc(-c3ccccc3)nc(-c3cccc4c3oc3cc(-c5ccc6c7ccccc7n(-c7ccccc7)c6c5)ccc34)n2)cc1. The highest BCUT2D eigenvalue weighted by molar-refractivity contribution is 6.12. The van der Waals surface area contributed by atoms with Gasteiger partial charge in [-0.3, -0.25) is 0 Å². The van der Waals surface area contributed by atoms with Gasteiger partial charge in [0, 0.05) is 38.4 Å². The molecule has 50 heavy (non-hydrogen) atoms. The summed E-state index contributed by atoms with van der Waals surface area (Å²) in [7, 11) is 0. The maximum Gasteiger partial charge on any atom is 0.167 e. The Bertz CT molecular complexity index is 2800. The van der Waals surface area contributed by atoms with Crippen LogP contribution in [0.3, 0.4) is 0 Å². The van der Waals surface area contributed by atoms with Crippen molar-refractivity contribution in [3.05, 3.63) is 170 Å². The molecule has 0 spiro atoms. The summed E-state index contributed by atoms with van der Waals surface area (Å²) >= 11 is 0. The van der Waals surface area contributed by atoms with Crippen LogP contribution in [-0.2, 0) is 0 Å². The second-order valence-electron chi connectivity index (χ2n) is 12.5. The van der Waals surface area contributed by atoms with E-state index in [2.05, 4.69) is 102 Å². The lowest BCUT2D eigenvalue weighted by Gasteiger charge is -2.09. The molecule has 0 saturated heterocycles. The predicted molar refractivity (Wildman–Crippen MR) is 203 cm³/mol. The maximum absolute atomic E-state index is 6.71. The highest BCUT2D eigenvalue weighted by Gasteiger charge is 2.19. The molecule has 3 heterocycles. The molecule has 10 rings (SSSR count). The number of hydrogen-bond donors (Lipinski definition) is 0. The van der Waals surface area contributed by atoms with Crippen molar-refractivity contribution in [1.29, 1.82) is 0 Å². The molecule has 234 valence electrons. The fourth-order valence-electron chi connectivity index (χ4n) is 7.09. The minimum Gasteiger partial charge on any atom is -0.455 e. The van der Waals surface area contributed by atoms with E-state index in [-0.39, 0.29) is 0 Å². The molecular formula is C45H28N4O. The Morgan fingerprint density at radius 3 is 1.66 bits per heavy atom. The highest BCUT2D eigenvalue weighted by Crippen LogP contribution is 2.39. The Morgan fingerprint density at radius 1 is 0.380 bits per heavy atom. The second kappa shape index (κ2) is 11.4. The predicted octanol–water partition coefficient (Wildman–Crippen LogP) is 11.5. The topological polar surface area (TPSA) is 56.7 Å². The molecule has 0 N–H and O–H groups in total. The molecule has 10 aromatic rings. The van der Waals surface area contributed by atoms with Crippen molar-refractivity contribution in [3.63, 3.8) is 0 Å². The van der Waals surface area contributed by atoms with Crippen molar-refractivity contribution in [2.24, 2.45) is 0 Å². The number of benzene rings is 7. The molecule has 3 aromatic heterocycles. The minimum absolute atomic E-state index is 0.571. The Morgan fingerprint density at radius 2 is 0.940 bits per heavy atom. The van der Waals surface area contributed by atoms with Crippen molar-refractivity contribution >= 4 is 43.7 Å². The Kier molecular flexibility index (Phi) is 6.42. The summed E-state index contributed by atoms with van der Waals surface area (Å²) in [6.45, 7) is 0. The standard InChI is InChI=1S/C45H28N4O/c1-4-13-29(14-5-1)43-46-44(30-15-6-2-7-16-30)48-45(47-43)38-21-12-20-37-36-26-24-32(28-41(36)50-42(37)38)31-23-25-35-34-19-10-11-22-39(34)49(40(35)27-31)33-17-8-3-9-18-33/h1-28H. The summed E-state index contributed by atoms with van der Waals surface area (Å²) < 4.78 is 9.06. The molecule has 0 amide bonds. The zero-order valence-electron chi connectivity index (χ0n) is 26.9. The van der Waals surface area contributed by atoms with Crippen molar-refractivity contribution in [2.45, 2.75) is 0 Å². The van der Waals surface area contributed by atoms with Gasteiger partial charge < -0.3 is 8.98 Å². The number of nitrogens with zero attached hydrogens (tertiary/aromatic N) is 4. The number of aromatic nitrogens is 4. The number of rotatable bonds is 5. The fraction of sp³-hybridized carbons (Fsp3) is 0. The van der Waals surface area contributed by atoms with E-state index in [1.54, 1.807) is 0 Å². The van der Waals surface area contributed by atoms with Crippen LogP contribution in [-0.4, -0.2) is 19.5 Å². The largest absolute Gasteiger partial charge is 0.455 e. The number of hydrogen-bond acceptors (Lipinski definition) is 4. The first-order valence-electron chi connectivity index (χ1n) is 16.7. The first kappa shape index (κ1) is 28.2. The van der Waals surface area contributed by atoms with Crippen molar-refractivity contribution in [3.8, 4) is 51.0 Å². The number of para-hydroxylation sites is 3. The van der Waals surface area contributed by atoms with E-state index in [9.17, 15) is 0 Å². The summed E-state index contributed by atoms with van der Waals surface area (Å²) in [5, 5.41) is 4.53. The summed E-state index contributed by atoms with van der Waals surface area (Å²) in [6.07, 6.45) is 0. The average Bonchev–Trinajstić information content (AvgIpc) is 3.74. The van der Waals surface area contributed by atoms with Gasteiger partial charge in [0.1, 0.15) is 11.2 Å². The average molecular weight is 641 g/mol. The van der Waals surface area contributed by atoms with Gasteiger partial charge in [0.15, 0.2) is 17.5 Å². The zero-order chi connectivity index (χ0) is 33.0. The van der Waals surface area contributed by atoms with Gasteiger partial charge in [-0.2, -0.15) is 0 Å². The van der Waals surface area contributed by atoms with Crippen LogP contribution in [0.25, 0.3) is 94.7 Å². The number of fused-ring (bicyclic) bond motifs is 6. The van der Waals surface area contributed by atoms with Gasteiger partial charge in [-0.25, -0.2) is 15.0 Å². The van der Waals surface area contributed by atoms with E-state index in [1.165, 1.54) is 21.8 Å². The van der Waals surface area contributed by atoms with Crippen LogP contribution in [0.1, 0.15) is 0 Å². The smallest absolute Gasteiger partial charge is 0.167 e. The van der Waals surface area contributed by atoms with Gasteiger partial charge in [0.05, 0.1) is 16.6 Å². The van der Waals surface area contributed by atoms with Crippen LogP contribution < -0.4 is 0 Å². The lowest BCUT2D eigenvalue weighted by atomic mass is 10.0. The van der Waals surface area contributed by atoms with Crippen LogP contribution in [0.2, 0.25) is 0 Å². The normalized spacial score (nSPS) is 11.6. The molecule has 0 fully saturated rings. The molecule has 0 atom stereocenters. The maximum atomic E-state index is 6.71. The van der Waals surface area contributed by atoms with Crippen molar-refractivity contribution in [2.75, 3.05) is 0 Å². The van der Waals surface area contributed by atoms with Gasteiger partial charge in [-0.1, -0.05) is 127 Å². The van der Waals surface area contributed by atoms with E-state index < -0.39 is 0 Å². The Labute approximate surface area is 287 Å². The molecule has 5 nitrogen and oxygen atoms in total. The van der Waals surface area contributed by atoms with Gasteiger partial charge in [0.2, 0.25) is 0 Å². The van der Waals surface area contributed by atoms with E-state index in [4.69, 9.17) is 19.4 Å². The van der Waals surface area contributed by atoms with E-state index in [0.29, 0.717) is 17.5 Å². The second-order valence-corrected chi connectivity index (χ2v) is 12.5. The molecular weight excluding hydrogens is 613 g/mol. The van der Waals surface area contributed by atoms with Crippen LogP contribution in [0.15, 0.2) is 174 Å². The first-order valence-corrected chi connectivity index (χ1v) is 16.7. The summed E-state index contributed by atoms with van der Waals surface area (Å²) in [6, 6.07) is 58.6. The Balaban J connectivity index is 1.13. The lowest BCUT2D eigenvalue weighted by molar-refractivity contribution is 0.669. The van der Waals surface area contributed by atoms with Crippen molar-refractivity contribution in [1.82, 2.24) is 19.5 Å². The van der Waals surface area contributed by atoms with Crippen LogP contribution >= 0.6 is 0 Å². The van der Waals surface area contributed by atoms with Gasteiger partial charge in [0.25, 0.3) is 0 Å².